The third-order valence-electron chi connectivity index (χ3n) is 3.38. The minimum Gasteiger partial charge on any atom is -0.317 e. The van der Waals surface area contributed by atoms with E-state index in [1.165, 1.54) is 15.2 Å². The van der Waals surface area contributed by atoms with Crippen LogP contribution in [0, 0.1) is 6.92 Å². The fourth-order valence-electron chi connectivity index (χ4n) is 2.04. The SMILES string of the molecule is CCNCCCCCCn1c(=O)cc(C)n(C)c1=O. The summed E-state index contributed by atoms with van der Waals surface area (Å²) in [6.07, 6.45) is 4.21. The van der Waals surface area contributed by atoms with Crippen molar-refractivity contribution in [3.8, 4) is 0 Å². The minimum absolute atomic E-state index is 0.187. The van der Waals surface area contributed by atoms with Crippen LogP contribution in [0.25, 0.3) is 0 Å². The molecule has 1 aromatic rings. The van der Waals surface area contributed by atoms with Crippen LogP contribution in [0.15, 0.2) is 15.7 Å². The lowest BCUT2D eigenvalue weighted by Crippen LogP contribution is -2.39. The molecule has 1 heterocycles. The Bertz CT molecular complexity index is 502. The molecule has 0 atom stereocenters. The largest absolute Gasteiger partial charge is 0.330 e. The average Bonchev–Trinajstić information content (AvgIpc) is 2.38. The van der Waals surface area contributed by atoms with Gasteiger partial charge in [0.05, 0.1) is 0 Å². The van der Waals surface area contributed by atoms with Gasteiger partial charge in [0.1, 0.15) is 0 Å². The summed E-state index contributed by atoms with van der Waals surface area (Å²) in [6, 6.07) is 1.52. The van der Waals surface area contributed by atoms with Crippen molar-refractivity contribution in [1.82, 2.24) is 14.5 Å². The highest BCUT2D eigenvalue weighted by Crippen LogP contribution is 2.00. The Morgan fingerprint density at radius 1 is 1.16 bits per heavy atom. The average molecular weight is 267 g/mol. The first-order valence-corrected chi connectivity index (χ1v) is 7.06. The van der Waals surface area contributed by atoms with Crippen LogP contribution >= 0.6 is 0 Å². The van der Waals surface area contributed by atoms with Gasteiger partial charge in [0.25, 0.3) is 5.56 Å². The molecule has 0 fully saturated rings. The predicted molar refractivity (Wildman–Crippen MR) is 77.7 cm³/mol. The molecule has 5 heteroatoms. The number of nitrogens with one attached hydrogen (secondary N) is 1. The number of nitrogens with zero attached hydrogens (tertiary/aromatic N) is 2. The van der Waals surface area contributed by atoms with Gasteiger partial charge in [0.2, 0.25) is 0 Å². The summed E-state index contributed by atoms with van der Waals surface area (Å²) in [7, 11) is 1.70. The van der Waals surface area contributed by atoms with Crippen molar-refractivity contribution < 1.29 is 0 Å². The van der Waals surface area contributed by atoms with Gasteiger partial charge in [-0.2, -0.15) is 0 Å². The second-order valence-electron chi connectivity index (χ2n) is 4.88. The maximum Gasteiger partial charge on any atom is 0.330 e. The van der Waals surface area contributed by atoms with Crippen molar-refractivity contribution >= 4 is 0 Å². The van der Waals surface area contributed by atoms with E-state index in [0.29, 0.717) is 12.2 Å². The summed E-state index contributed by atoms with van der Waals surface area (Å²) in [4.78, 5) is 23.7. The van der Waals surface area contributed by atoms with E-state index in [0.717, 1.165) is 38.8 Å². The smallest absolute Gasteiger partial charge is 0.317 e. The molecule has 0 bridgehead atoms. The van der Waals surface area contributed by atoms with Crippen LogP contribution in [0.4, 0.5) is 0 Å². The van der Waals surface area contributed by atoms with Crippen LogP contribution in [-0.4, -0.2) is 22.2 Å². The number of aryl methyl sites for hydroxylation is 1. The number of hydrogen-bond donors (Lipinski definition) is 1. The number of hydrogen-bond acceptors (Lipinski definition) is 3. The molecule has 5 nitrogen and oxygen atoms in total. The predicted octanol–water partition coefficient (Wildman–Crippen LogP) is 1.03. The zero-order valence-corrected chi connectivity index (χ0v) is 12.2. The lowest BCUT2D eigenvalue weighted by molar-refractivity contribution is 0.518. The zero-order chi connectivity index (χ0) is 14.3. The second kappa shape index (κ2) is 7.94. The van der Waals surface area contributed by atoms with Gasteiger partial charge in [0, 0.05) is 25.4 Å². The fourth-order valence-corrected chi connectivity index (χ4v) is 2.04. The Balaban J connectivity index is 2.44. The van der Waals surface area contributed by atoms with E-state index in [9.17, 15) is 9.59 Å². The molecule has 0 aliphatic heterocycles. The van der Waals surface area contributed by atoms with Gasteiger partial charge in [0.15, 0.2) is 0 Å². The van der Waals surface area contributed by atoms with Crippen molar-refractivity contribution in [3.05, 3.63) is 32.6 Å². The number of unbranched alkanes of at least 4 members (excludes halogenated alkanes) is 3. The molecular formula is C14H25N3O2. The van der Waals surface area contributed by atoms with E-state index >= 15 is 0 Å². The first-order valence-electron chi connectivity index (χ1n) is 7.06. The molecule has 0 unspecified atom stereocenters. The van der Waals surface area contributed by atoms with Gasteiger partial charge in [-0.3, -0.25) is 9.36 Å². The zero-order valence-electron chi connectivity index (χ0n) is 12.2. The van der Waals surface area contributed by atoms with Crippen LogP contribution < -0.4 is 16.6 Å². The normalized spacial score (nSPS) is 10.9. The standard InChI is InChI=1S/C14H25N3O2/c1-4-15-9-7-5-6-8-10-17-13(18)11-12(2)16(3)14(17)19/h11,15H,4-10H2,1-3H3. The summed E-state index contributed by atoms with van der Waals surface area (Å²) < 4.78 is 2.85. The summed E-state index contributed by atoms with van der Waals surface area (Å²) in [5, 5.41) is 3.28. The molecular weight excluding hydrogens is 242 g/mol. The van der Waals surface area contributed by atoms with Gasteiger partial charge in [-0.05, 0) is 32.9 Å². The number of aromatic nitrogens is 2. The molecule has 108 valence electrons. The molecule has 1 aromatic heterocycles. The third-order valence-corrected chi connectivity index (χ3v) is 3.38. The molecule has 0 saturated heterocycles. The Morgan fingerprint density at radius 2 is 1.84 bits per heavy atom. The molecule has 0 aromatic carbocycles. The molecule has 0 aliphatic carbocycles. The van der Waals surface area contributed by atoms with Crippen LogP contribution in [0.2, 0.25) is 0 Å². The van der Waals surface area contributed by atoms with Crippen LogP contribution in [-0.2, 0) is 13.6 Å². The highest BCUT2D eigenvalue weighted by molar-refractivity contribution is 4.99. The van der Waals surface area contributed by atoms with E-state index in [2.05, 4.69) is 12.2 Å². The monoisotopic (exact) mass is 267 g/mol. The summed E-state index contributed by atoms with van der Waals surface area (Å²) in [5.41, 5.74) is 0.308. The molecule has 1 rings (SSSR count). The highest BCUT2D eigenvalue weighted by Gasteiger charge is 2.05. The second-order valence-corrected chi connectivity index (χ2v) is 4.88. The van der Waals surface area contributed by atoms with Gasteiger partial charge in [-0.1, -0.05) is 19.8 Å². The van der Waals surface area contributed by atoms with Gasteiger partial charge < -0.3 is 9.88 Å². The van der Waals surface area contributed by atoms with E-state index in [4.69, 9.17) is 0 Å². The van der Waals surface area contributed by atoms with Crippen molar-refractivity contribution in [1.29, 1.82) is 0 Å². The Labute approximate surface area is 114 Å². The van der Waals surface area contributed by atoms with E-state index in [1.54, 1.807) is 14.0 Å². The molecule has 0 spiro atoms. The van der Waals surface area contributed by atoms with E-state index in [1.807, 2.05) is 0 Å². The van der Waals surface area contributed by atoms with E-state index < -0.39 is 0 Å². The molecule has 0 saturated carbocycles. The fraction of sp³-hybridized carbons (Fsp3) is 0.714. The lowest BCUT2D eigenvalue weighted by atomic mass is 10.2. The van der Waals surface area contributed by atoms with Gasteiger partial charge in [-0.15, -0.1) is 0 Å². The van der Waals surface area contributed by atoms with Crippen molar-refractivity contribution in [2.24, 2.45) is 7.05 Å². The Morgan fingerprint density at radius 3 is 2.53 bits per heavy atom. The first kappa shape index (κ1) is 15.7. The Kier molecular flexibility index (Phi) is 6.56. The summed E-state index contributed by atoms with van der Waals surface area (Å²) >= 11 is 0. The maximum atomic E-state index is 11.9. The van der Waals surface area contributed by atoms with Crippen molar-refractivity contribution in [3.63, 3.8) is 0 Å². The molecule has 0 aliphatic rings. The molecule has 1 N–H and O–H groups in total. The summed E-state index contributed by atoms with van der Waals surface area (Å²) in [6.45, 7) is 6.44. The van der Waals surface area contributed by atoms with Crippen LogP contribution in [0.1, 0.15) is 38.3 Å². The number of rotatable bonds is 8. The van der Waals surface area contributed by atoms with Crippen LogP contribution in [0.5, 0.6) is 0 Å². The van der Waals surface area contributed by atoms with Crippen molar-refractivity contribution in [2.75, 3.05) is 13.1 Å². The lowest BCUT2D eigenvalue weighted by Gasteiger charge is -2.09. The Hall–Kier alpha value is -1.36. The van der Waals surface area contributed by atoms with E-state index in [-0.39, 0.29) is 11.2 Å². The highest BCUT2D eigenvalue weighted by atomic mass is 16.2. The van der Waals surface area contributed by atoms with Crippen molar-refractivity contribution in [2.45, 2.75) is 46.1 Å². The quantitative estimate of drug-likeness (QED) is 0.716. The molecule has 0 amide bonds. The summed E-state index contributed by atoms with van der Waals surface area (Å²) in [5.74, 6) is 0. The third kappa shape index (κ3) is 4.67. The maximum absolute atomic E-state index is 11.9. The molecule has 19 heavy (non-hydrogen) atoms. The molecule has 0 radical (unpaired) electrons. The van der Waals surface area contributed by atoms with Crippen LogP contribution in [0.3, 0.4) is 0 Å². The topological polar surface area (TPSA) is 56.0 Å². The minimum atomic E-state index is -0.211. The van der Waals surface area contributed by atoms with Gasteiger partial charge >= 0.3 is 5.69 Å². The van der Waals surface area contributed by atoms with Gasteiger partial charge in [-0.25, -0.2) is 4.79 Å². The first-order chi connectivity index (χ1) is 9.07.